The average Bonchev–Trinajstić information content (AvgIpc) is 2.92. The molecule has 152 valence electrons. The maximum absolute atomic E-state index is 11.6. The van der Waals surface area contributed by atoms with Crippen LogP contribution in [0, 0.1) is 46.3 Å². The van der Waals surface area contributed by atoms with Gasteiger partial charge in [-0.15, -0.1) is 6.42 Å². The van der Waals surface area contributed by atoms with Crippen molar-refractivity contribution in [2.75, 3.05) is 0 Å². The second kappa shape index (κ2) is 5.99. The molecular weight excluding hydrogens is 348 g/mol. The van der Waals surface area contributed by atoms with Crippen LogP contribution in [0.5, 0.6) is 0 Å². The highest BCUT2D eigenvalue weighted by molar-refractivity contribution is 5.76. The van der Waals surface area contributed by atoms with Gasteiger partial charge in [0.2, 0.25) is 0 Å². The van der Waals surface area contributed by atoms with E-state index >= 15 is 0 Å². The number of aliphatic hydroxyl groups is 1. The Labute approximate surface area is 169 Å². The van der Waals surface area contributed by atoms with Gasteiger partial charge < -0.3 is 15.0 Å². The molecule has 0 unspecified atom stereocenters. The number of carboxylic acids is 1. The smallest absolute Gasteiger partial charge is 0.130 e. The molecule has 3 nitrogen and oxygen atoms in total. The Morgan fingerprint density at radius 1 is 1.25 bits per heavy atom. The molecule has 4 rings (SSSR count). The molecule has 4 aliphatic carbocycles. The zero-order chi connectivity index (χ0) is 20.5. The third kappa shape index (κ3) is 2.37. The standard InChI is InChI=1S/C25H34O3/c1-6-25(28)14-11-20-18-8-7-17-15-16(22(2,3)21(26)27)9-12-23(17,4)19(18)10-13-24(20,25)5/h1,7,15,18-20,28H,8-14H2,2-5H3,(H,26,27)/p-1/t18-,19-,20-,23+,24+,25+/m1/s1. The Bertz CT molecular complexity index is 812. The lowest BCUT2D eigenvalue weighted by Gasteiger charge is -2.58. The van der Waals surface area contributed by atoms with Gasteiger partial charge in [0, 0.05) is 10.8 Å². The summed E-state index contributed by atoms with van der Waals surface area (Å²) in [6.07, 6.45) is 16.9. The maximum Gasteiger partial charge on any atom is 0.130 e. The first-order chi connectivity index (χ1) is 13.0. The van der Waals surface area contributed by atoms with Crippen molar-refractivity contribution >= 4 is 5.97 Å². The van der Waals surface area contributed by atoms with Gasteiger partial charge in [0.05, 0.1) is 5.97 Å². The van der Waals surface area contributed by atoms with Gasteiger partial charge in [-0.2, -0.15) is 0 Å². The highest BCUT2D eigenvalue weighted by Gasteiger charge is 2.63. The molecule has 0 radical (unpaired) electrons. The fraction of sp³-hybridized carbons (Fsp3) is 0.720. The van der Waals surface area contributed by atoms with Gasteiger partial charge in [0.15, 0.2) is 0 Å². The number of carbonyl (C=O) groups excluding carboxylic acids is 1. The van der Waals surface area contributed by atoms with Crippen molar-refractivity contribution in [3.8, 4) is 12.3 Å². The van der Waals surface area contributed by atoms with Crippen LogP contribution >= 0.6 is 0 Å². The second-order valence-electron chi connectivity index (χ2n) is 10.8. The van der Waals surface area contributed by atoms with Crippen LogP contribution in [0.3, 0.4) is 0 Å². The summed E-state index contributed by atoms with van der Waals surface area (Å²) in [6.45, 7) is 8.10. The van der Waals surface area contributed by atoms with Crippen LogP contribution < -0.4 is 5.11 Å². The second-order valence-corrected chi connectivity index (χ2v) is 10.8. The van der Waals surface area contributed by atoms with Gasteiger partial charge in [0.1, 0.15) is 5.60 Å². The van der Waals surface area contributed by atoms with Crippen molar-refractivity contribution in [2.24, 2.45) is 34.0 Å². The van der Waals surface area contributed by atoms with E-state index in [0.717, 1.165) is 44.1 Å². The van der Waals surface area contributed by atoms with Crippen molar-refractivity contribution in [3.05, 3.63) is 23.3 Å². The lowest BCUT2D eigenvalue weighted by atomic mass is 9.47. The van der Waals surface area contributed by atoms with E-state index in [-0.39, 0.29) is 10.8 Å². The number of hydrogen-bond acceptors (Lipinski definition) is 3. The molecule has 0 aromatic carbocycles. The minimum absolute atomic E-state index is 0.0899. The lowest BCUT2D eigenvalue weighted by Crippen LogP contribution is -2.53. The summed E-state index contributed by atoms with van der Waals surface area (Å²) < 4.78 is 0. The van der Waals surface area contributed by atoms with Crippen LogP contribution in [0.25, 0.3) is 0 Å². The van der Waals surface area contributed by atoms with Crippen molar-refractivity contribution in [3.63, 3.8) is 0 Å². The Kier molecular flexibility index (Phi) is 4.23. The van der Waals surface area contributed by atoms with E-state index in [9.17, 15) is 15.0 Å². The maximum atomic E-state index is 11.6. The van der Waals surface area contributed by atoms with E-state index in [0.29, 0.717) is 24.2 Å². The highest BCUT2D eigenvalue weighted by atomic mass is 16.4. The first-order valence-corrected chi connectivity index (χ1v) is 10.8. The molecule has 6 atom stereocenters. The summed E-state index contributed by atoms with van der Waals surface area (Å²) in [7, 11) is 0. The molecule has 2 saturated carbocycles. The van der Waals surface area contributed by atoms with Gasteiger partial charge >= 0.3 is 0 Å². The molecular formula is C25H33O3-. The molecule has 0 saturated heterocycles. The molecule has 1 N–H and O–H groups in total. The summed E-state index contributed by atoms with van der Waals surface area (Å²) in [4.78, 5) is 11.6. The molecule has 28 heavy (non-hydrogen) atoms. The monoisotopic (exact) mass is 381 g/mol. The predicted molar refractivity (Wildman–Crippen MR) is 108 cm³/mol. The average molecular weight is 382 g/mol. The number of carbonyl (C=O) groups is 1. The molecule has 0 amide bonds. The van der Waals surface area contributed by atoms with E-state index in [1.165, 1.54) is 5.57 Å². The fourth-order valence-electron chi connectivity index (χ4n) is 7.20. The predicted octanol–water partition coefficient (Wildman–Crippen LogP) is 3.63. The Hall–Kier alpha value is -1.53. The zero-order valence-electron chi connectivity index (χ0n) is 17.7. The summed E-state index contributed by atoms with van der Waals surface area (Å²) in [5, 5.41) is 22.7. The summed E-state index contributed by atoms with van der Waals surface area (Å²) >= 11 is 0. The number of carboxylic acid groups (broad SMARTS) is 1. The van der Waals surface area contributed by atoms with Crippen molar-refractivity contribution in [1.82, 2.24) is 0 Å². The molecule has 3 heteroatoms. The molecule has 0 bridgehead atoms. The van der Waals surface area contributed by atoms with Crippen molar-refractivity contribution in [1.29, 1.82) is 0 Å². The Morgan fingerprint density at radius 2 is 1.93 bits per heavy atom. The first-order valence-electron chi connectivity index (χ1n) is 10.8. The van der Waals surface area contributed by atoms with Crippen LogP contribution in [0.15, 0.2) is 23.3 Å². The fourth-order valence-corrected chi connectivity index (χ4v) is 7.20. The molecule has 0 aromatic rings. The lowest BCUT2D eigenvalue weighted by molar-refractivity contribution is -0.315. The van der Waals surface area contributed by atoms with Gasteiger partial charge in [0.25, 0.3) is 0 Å². The van der Waals surface area contributed by atoms with Crippen molar-refractivity contribution < 1.29 is 15.0 Å². The van der Waals surface area contributed by atoms with E-state index in [2.05, 4.69) is 31.9 Å². The van der Waals surface area contributed by atoms with E-state index < -0.39 is 17.0 Å². The largest absolute Gasteiger partial charge is 0.549 e. The normalized spacial score (nSPS) is 45.1. The van der Waals surface area contributed by atoms with Gasteiger partial charge in [-0.05, 0) is 73.7 Å². The molecule has 2 fully saturated rings. The number of rotatable bonds is 2. The molecule has 0 aromatic heterocycles. The zero-order valence-corrected chi connectivity index (χ0v) is 17.7. The first kappa shape index (κ1) is 19.8. The van der Waals surface area contributed by atoms with E-state index in [4.69, 9.17) is 6.42 Å². The van der Waals surface area contributed by atoms with E-state index in [1.807, 2.05) is 0 Å². The van der Waals surface area contributed by atoms with Crippen LogP contribution in [-0.2, 0) is 4.79 Å². The third-order valence-corrected chi connectivity index (χ3v) is 9.47. The number of fused-ring (bicyclic) bond motifs is 5. The van der Waals surface area contributed by atoms with Gasteiger partial charge in [-0.25, -0.2) is 0 Å². The number of allylic oxidation sites excluding steroid dienone is 3. The number of aliphatic carboxylic acids is 1. The Balaban J connectivity index is 1.69. The van der Waals surface area contributed by atoms with Crippen LogP contribution in [-0.4, -0.2) is 16.7 Å². The van der Waals surface area contributed by atoms with Gasteiger partial charge in [-0.3, -0.25) is 0 Å². The SMILES string of the molecule is C#C[C@]1(O)CC[C@@H]2[C@@H]3CC=C4C=C(C(C)(C)C(=O)[O-])CC[C@]4(C)[C@@H]3CC[C@@]21C. The van der Waals surface area contributed by atoms with Crippen molar-refractivity contribution in [2.45, 2.75) is 78.2 Å². The van der Waals surface area contributed by atoms with Gasteiger partial charge in [-0.1, -0.05) is 51.3 Å². The van der Waals surface area contributed by atoms with Crippen LogP contribution in [0.4, 0.5) is 0 Å². The van der Waals surface area contributed by atoms with Crippen LogP contribution in [0.2, 0.25) is 0 Å². The minimum atomic E-state index is -0.996. The highest BCUT2D eigenvalue weighted by Crippen LogP contribution is 2.67. The minimum Gasteiger partial charge on any atom is -0.549 e. The molecule has 4 aliphatic rings. The Morgan fingerprint density at radius 3 is 2.57 bits per heavy atom. The summed E-state index contributed by atoms with van der Waals surface area (Å²) in [6, 6.07) is 0. The number of hydrogen-bond donors (Lipinski definition) is 1. The molecule has 0 aliphatic heterocycles. The quantitative estimate of drug-likeness (QED) is 0.743. The third-order valence-electron chi connectivity index (χ3n) is 9.47. The van der Waals surface area contributed by atoms with Crippen LogP contribution in [0.1, 0.15) is 72.6 Å². The molecule has 0 heterocycles. The topological polar surface area (TPSA) is 60.4 Å². The van der Waals surface area contributed by atoms with E-state index in [1.54, 1.807) is 13.8 Å². The summed E-state index contributed by atoms with van der Waals surface area (Å²) in [5.74, 6) is 3.35. The summed E-state index contributed by atoms with van der Waals surface area (Å²) in [5.41, 5.74) is 0.324. The molecule has 0 spiro atoms. The number of terminal acetylenes is 1.